The van der Waals surface area contributed by atoms with Crippen LogP contribution in [0.15, 0.2) is 79.9 Å². The Kier molecular flexibility index (Phi) is 6.18. The lowest BCUT2D eigenvalue weighted by atomic mass is 10.1. The summed E-state index contributed by atoms with van der Waals surface area (Å²) in [7, 11) is 0. The van der Waals surface area contributed by atoms with Crippen LogP contribution in [0.4, 0.5) is 0 Å². The largest absolute Gasteiger partial charge is 0.484 e. The molecule has 2 aromatic rings. The van der Waals surface area contributed by atoms with E-state index in [0.717, 1.165) is 11.1 Å². The number of rotatable bonds is 8. The SMILES string of the molecule is C=CCN(CC=C)C(=O)COc1ccc(-c2ccccc2)cc1. The molecule has 0 heterocycles. The highest BCUT2D eigenvalue weighted by atomic mass is 16.5. The fourth-order valence-corrected chi connectivity index (χ4v) is 2.20. The Balaban J connectivity index is 1.94. The number of nitrogens with zero attached hydrogens (tertiary/aromatic N) is 1. The minimum absolute atomic E-state index is 0.00631. The van der Waals surface area contributed by atoms with Gasteiger partial charge < -0.3 is 9.64 Å². The van der Waals surface area contributed by atoms with Gasteiger partial charge in [-0.05, 0) is 23.3 Å². The van der Waals surface area contributed by atoms with Crippen LogP contribution in [-0.2, 0) is 4.79 Å². The zero-order valence-corrected chi connectivity index (χ0v) is 13.2. The van der Waals surface area contributed by atoms with Gasteiger partial charge in [0.25, 0.3) is 5.91 Å². The smallest absolute Gasteiger partial charge is 0.261 e. The quantitative estimate of drug-likeness (QED) is 0.692. The number of carbonyl (C=O) groups excluding carboxylic acids is 1. The van der Waals surface area contributed by atoms with Crippen molar-refractivity contribution in [2.75, 3.05) is 19.7 Å². The molecule has 2 rings (SSSR count). The Labute approximate surface area is 137 Å². The minimum Gasteiger partial charge on any atom is -0.484 e. The van der Waals surface area contributed by atoms with Crippen LogP contribution in [-0.4, -0.2) is 30.5 Å². The van der Waals surface area contributed by atoms with E-state index in [1.54, 1.807) is 17.1 Å². The van der Waals surface area contributed by atoms with E-state index < -0.39 is 0 Å². The maximum absolute atomic E-state index is 12.1. The molecule has 0 unspecified atom stereocenters. The molecular formula is C20H21NO2. The fourth-order valence-electron chi connectivity index (χ4n) is 2.20. The highest BCUT2D eigenvalue weighted by molar-refractivity contribution is 5.78. The van der Waals surface area contributed by atoms with E-state index in [1.165, 1.54) is 0 Å². The number of hydrogen-bond donors (Lipinski definition) is 0. The van der Waals surface area contributed by atoms with Crippen LogP contribution in [0.3, 0.4) is 0 Å². The summed E-state index contributed by atoms with van der Waals surface area (Å²) in [5, 5.41) is 0. The van der Waals surface area contributed by atoms with Gasteiger partial charge in [0.1, 0.15) is 5.75 Å². The number of ether oxygens (including phenoxy) is 1. The second-order valence-electron chi connectivity index (χ2n) is 5.06. The topological polar surface area (TPSA) is 29.5 Å². The molecule has 3 nitrogen and oxygen atoms in total. The van der Waals surface area contributed by atoms with E-state index in [9.17, 15) is 4.79 Å². The summed E-state index contributed by atoms with van der Waals surface area (Å²) in [6.07, 6.45) is 3.38. The van der Waals surface area contributed by atoms with Gasteiger partial charge in [0, 0.05) is 13.1 Å². The summed E-state index contributed by atoms with van der Waals surface area (Å²) in [5.74, 6) is 0.590. The average molecular weight is 307 g/mol. The van der Waals surface area contributed by atoms with E-state index in [-0.39, 0.29) is 12.5 Å². The molecule has 0 fully saturated rings. The zero-order chi connectivity index (χ0) is 16.5. The molecule has 0 aliphatic rings. The first-order valence-electron chi connectivity index (χ1n) is 7.52. The van der Waals surface area contributed by atoms with Gasteiger partial charge in [-0.3, -0.25) is 4.79 Å². The second-order valence-corrected chi connectivity index (χ2v) is 5.06. The van der Waals surface area contributed by atoms with E-state index in [0.29, 0.717) is 18.8 Å². The maximum atomic E-state index is 12.1. The van der Waals surface area contributed by atoms with E-state index in [1.807, 2.05) is 42.5 Å². The van der Waals surface area contributed by atoms with Crippen molar-refractivity contribution >= 4 is 5.91 Å². The van der Waals surface area contributed by atoms with Crippen molar-refractivity contribution in [1.82, 2.24) is 4.90 Å². The van der Waals surface area contributed by atoms with Crippen LogP contribution >= 0.6 is 0 Å². The van der Waals surface area contributed by atoms with Crippen LogP contribution in [0, 0.1) is 0 Å². The van der Waals surface area contributed by atoms with Gasteiger partial charge >= 0.3 is 0 Å². The molecule has 0 N–H and O–H groups in total. The fraction of sp³-hybridized carbons (Fsp3) is 0.150. The van der Waals surface area contributed by atoms with Gasteiger partial charge in [0.05, 0.1) is 0 Å². The third kappa shape index (κ3) is 4.85. The first-order valence-corrected chi connectivity index (χ1v) is 7.52. The van der Waals surface area contributed by atoms with Crippen LogP contribution < -0.4 is 4.74 Å². The van der Waals surface area contributed by atoms with Crippen molar-refractivity contribution in [3.05, 3.63) is 79.9 Å². The first-order chi connectivity index (χ1) is 11.2. The molecule has 0 saturated carbocycles. The summed E-state index contributed by atoms with van der Waals surface area (Å²) in [4.78, 5) is 13.7. The standard InChI is InChI=1S/C20H21NO2/c1-3-14-21(15-4-2)20(22)16-23-19-12-10-18(11-13-19)17-8-6-5-7-9-17/h3-13H,1-2,14-16H2. The van der Waals surface area contributed by atoms with Crippen molar-refractivity contribution in [1.29, 1.82) is 0 Å². The molecule has 0 bridgehead atoms. The Morgan fingerprint density at radius 1 is 0.913 bits per heavy atom. The molecule has 0 aliphatic heterocycles. The third-order valence-corrected chi connectivity index (χ3v) is 3.38. The van der Waals surface area contributed by atoms with E-state index in [4.69, 9.17) is 4.74 Å². The van der Waals surface area contributed by atoms with Crippen molar-refractivity contribution in [2.24, 2.45) is 0 Å². The Hall–Kier alpha value is -2.81. The molecule has 118 valence electrons. The minimum atomic E-state index is -0.0862. The Morgan fingerprint density at radius 3 is 2.04 bits per heavy atom. The number of amides is 1. The molecule has 0 aliphatic carbocycles. The maximum Gasteiger partial charge on any atom is 0.261 e. The molecular weight excluding hydrogens is 286 g/mol. The van der Waals surface area contributed by atoms with Gasteiger partial charge in [0.15, 0.2) is 6.61 Å². The number of benzene rings is 2. The summed E-state index contributed by atoms with van der Waals surface area (Å²) in [6.45, 7) is 8.29. The van der Waals surface area contributed by atoms with Gasteiger partial charge in [-0.1, -0.05) is 54.6 Å². The first kappa shape index (κ1) is 16.6. The van der Waals surface area contributed by atoms with Gasteiger partial charge in [-0.2, -0.15) is 0 Å². The zero-order valence-electron chi connectivity index (χ0n) is 13.2. The molecule has 0 atom stereocenters. The summed E-state index contributed by atoms with van der Waals surface area (Å²) in [6, 6.07) is 17.8. The Morgan fingerprint density at radius 2 is 1.48 bits per heavy atom. The number of carbonyl (C=O) groups is 1. The highest BCUT2D eigenvalue weighted by Crippen LogP contribution is 2.22. The molecule has 23 heavy (non-hydrogen) atoms. The normalized spacial score (nSPS) is 9.91. The van der Waals surface area contributed by atoms with E-state index in [2.05, 4.69) is 25.3 Å². The van der Waals surface area contributed by atoms with Gasteiger partial charge in [-0.15, -0.1) is 13.2 Å². The third-order valence-electron chi connectivity index (χ3n) is 3.38. The van der Waals surface area contributed by atoms with E-state index >= 15 is 0 Å². The second kappa shape index (κ2) is 8.59. The van der Waals surface area contributed by atoms with Crippen molar-refractivity contribution in [3.8, 4) is 16.9 Å². The lowest BCUT2D eigenvalue weighted by molar-refractivity contribution is -0.132. The number of hydrogen-bond acceptors (Lipinski definition) is 2. The van der Waals surface area contributed by atoms with Crippen molar-refractivity contribution in [3.63, 3.8) is 0 Å². The van der Waals surface area contributed by atoms with Gasteiger partial charge in [0.2, 0.25) is 0 Å². The predicted octanol–water partition coefficient (Wildman–Crippen LogP) is 3.93. The Bertz CT molecular complexity index is 637. The summed E-state index contributed by atoms with van der Waals surface area (Å²) < 4.78 is 5.57. The summed E-state index contributed by atoms with van der Waals surface area (Å²) >= 11 is 0. The lowest BCUT2D eigenvalue weighted by Crippen LogP contribution is -2.35. The highest BCUT2D eigenvalue weighted by Gasteiger charge is 2.11. The molecule has 3 heteroatoms. The molecule has 0 saturated heterocycles. The monoisotopic (exact) mass is 307 g/mol. The summed E-state index contributed by atoms with van der Waals surface area (Å²) in [5.41, 5.74) is 2.27. The van der Waals surface area contributed by atoms with Gasteiger partial charge in [-0.25, -0.2) is 0 Å². The van der Waals surface area contributed by atoms with Crippen LogP contribution in [0.2, 0.25) is 0 Å². The van der Waals surface area contributed by atoms with Crippen molar-refractivity contribution < 1.29 is 9.53 Å². The average Bonchev–Trinajstić information content (AvgIpc) is 2.61. The van der Waals surface area contributed by atoms with Crippen LogP contribution in [0.1, 0.15) is 0 Å². The predicted molar refractivity (Wildman–Crippen MR) is 94.3 cm³/mol. The van der Waals surface area contributed by atoms with Crippen LogP contribution in [0.5, 0.6) is 5.75 Å². The molecule has 0 aromatic heterocycles. The van der Waals surface area contributed by atoms with Crippen molar-refractivity contribution in [2.45, 2.75) is 0 Å². The molecule has 1 amide bonds. The molecule has 0 spiro atoms. The van der Waals surface area contributed by atoms with Crippen LogP contribution in [0.25, 0.3) is 11.1 Å². The molecule has 2 aromatic carbocycles. The molecule has 0 radical (unpaired) electrons. The lowest BCUT2D eigenvalue weighted by Gasteiger charge is -2.19.